The van der Waals surface area contributed by atoms with Gasteiger partial charge in [0.15, 0.2) is 5.54 Å². The molecule has 0 saturated heterocycles. The summed E-state index contributed by atoms with van der Waals surface area (Å²) < 4.78 is 10.0. The molecule has 2 amide bonds. The Morgan fingerprint density at radius 3 is 2.16 bits per heavy atom. The number of carboxylic acid groups (broad SMARTS) is 1. The summed E-state index contributed by atoms with van der Waals surface area (Å²) >= 11 is 0. The summed E-state index contributed by atoms with van der Waals surface area (Å²) in [6, 6.07) is 9.04. The highest BCUT2D eigenvalue weighted by molar-refractivity contribution is 5.85. The first-order chi connectivity index (χ1) is 11.5. The maximum Gasteiger partial charge on any atom is 0.408 e. The Hall–Kier alpha value is -2.77. The summed E-state index contributed by atoms with van der Waals surface area (Å²) in [5, 5.41) is 13.9. The van der Waals surface area contributed by atoms with Crippen molar-refractivity contribution in [2.24, 2.45) is 0 Å². The fourth-order valence-corrected chi connectivity index (χ4v) is 1.73. The lowest BCUT2D eigenvalue weighted by Crippen LogP contribution is -2.59. The molecule has 0 fully saturated rings. The third kappa shape index (κ3) is 7.56. The average molecular weight is 352 g/mol. The Labute approximate surface area is 146 Å². The Morgan fingerprint density at radius 2 is 1.64 bits per heavy atom. The fraction of sp³-hybridized carbons (Fsp3) is 0.471. The van der Waals surface area contributed by atoms with E-state index in [2.05, 4.69) is 10.6 Å². The van der Waals surface area contributed by atoms with E-state index in [1.54, 1.807) is 32.9 Å². The molecule has 0 saturated carbocycles. The highest BCUT2D eigenvalue weighted by Crippen LogP contribution is 2.10. The van der Waals surface area contributed by atoms with E-state index in [0.29, 0.717) is 0 Å². The summed E-state index contributed by atoms with van der Waals surface area (Å²) in [7, 11) is 0. The van der Waals surface area contributed by atoms with Gasteiger partial charge in [-0.25, -0.2) is 14.4 Å². The van der Waals surface area contributed by atoms with Crippen molar-refractivity contribution >= 4 is 18.2 Å². The number of hydrogen-bond acceptors (Lipinski definition) is 5. The number of amides is 2. The third-order valence-corrected chi connectivity index (χ3v) is 3.05. The number of rotatable bonds is 6. The van der Waals surface area contributed by atoms with Gasteiger partial charge in [-0.15, -0.1) is 0 Å². The smallest absolute Gasteiger partial charge is 0.408 e. The van der Waals surface area contributed by atoms with E-state index in [4.69, 9.17) is 9.47 Å². The van der Waals surface area contributed by atoms with E-state index in [1.165, 1.54) is 6.92 Å². The molecule has 0 radical (unpaired) electrons. The highest BCUT2D eigenvalue weighted by Gasteiger charge is 2.37. The quantitative estimate of drug-likeness (QED) is 0.724. The van der Waals surface area contributed by atoms with E-state index in [9.17, 15) is 19.5 Å². The molecule has 0 spiro atoms. The van der Waals surface area contributed by atoms with Crippen LogP contribution >= 0.6 is 0 Å². The Balaban J connectivity index is 2.54. The van der Waals surface area contributed by atoms with Gasteiger partial charge < -0.3 is 25.2 Å². The molecule has 1 aromatic carbocycles. The number of ether oxygens (including phenoxy) is 2. The molecular weight excluding hydrogens is 328 g/mol. The van der Waals surface area contributed by atoms with Gasteiger partial charge in [0.2, 0.25) is 0 Å². The first-order valence-corrected chi connectivity index (χ1v) is 7.71. The monoisotopic (exact) mass is 352 g/mol. The molecule has 8 heteroatoms. The maximum atomic E-state index is 11.8. The zero-order valence-corrected chi connectivity index (χ0v) is 14.8. The van der Waals surface area contributed by atoms with Crippen LogP contribution in [0.2, 0.25) is 0 Å². The predicted octanol–water partition coefficient (Wildman–Crippen LogP) is 2.28. The minimum Gasteiger partial charge on any atom is -0.479 e. The van der Waals surface area contributed by atoms with Crippen molar-refractivity contribution in [1.29, 1.82) is 0 Å². The minimum absolute atomic E-state index is 0.0515. The number of hydrogen-bond donors (Lipinski definition) is 3. The molecule has 3 N–H and O–H groups in total. The van der Waals surface area contributed by atoms with Gasteiger partial charge >= 0.3 is 18.2 Å². The van der Waals surface area contributed by atoms with E-state index in [0.717, 1.165) is 5.56 Å². The second kappa shape index (κ2) is 8.36. The number of carbonyl (C=O) groups is 3. The van der Waals surface area contributed by atoms with Crippen LogP contribution in [0.1, 0.15) is 33.3 Å². The minimum atomic E-state index is -1.74. The standard InChI is InChI=1S/C17H24N2O6/c1-16(2,3)25-15(23)19-17(4,13(20)21)11-18-14(22)24-10-12-8-6-5-7-9-12/h5-9H,10-11H2,1-4H3,(H,18,22)(H,19,23)(H,20,21). The van der Waals surface area contributed by atoms with Crippen LogP contribution in [-0.2, 0) is 20.9 Å². The zero-order chi connectivity index (χ0) is 19.1. The molecule has 25 heavy (non-hydrogen) atoms. The molecular formula is C17H24N2O6. The van der Waals surface area contributed by atoms with Crippen molar-refractivity contribution in [3.63, 3.8) is 0 Å². The summed E-state index contributed by atoms with van der Waals surface area (Å²) in [4.78, 5) is 35.0. The number of carboxylic acids is 1. The van der Waals surface area contributed by atoms with Gasteiger partial charge in [-0.1, -0.05) is 30.3 Å². The predicted molar refractivity (Wildman–Crippen MR) is 90.0 cm³/mol. The van der Waals surface area contributed by atoms with Crippen LogP contribution in [0.25, 0.3) is 0 Å². The van der Waals surface area contributed by atoms with Crippen molar-refractivity contribution in [3.8, 4) is 0 Å². The van der Waals surface area contributed by atoms with Crippen molar-refractivity contribution < 1.29 is 29.0 Å². The molecule has 0 aliphatic carbocycles. The van der Waals surface area contributed by atoms with Gasteiger partial charge in [0.25, 0.3) is 0 Å². The van der Waals surface area contributed by atoms with Gasteiger partial charge in [0.1, 0.15) is 12.2 Å². The number of alkyl carbamates (subject to hydrolysis) is 2. The summed E-state index contributed by atoms with van der Waals surface area (Å²) in [6.45, 7) is 5.92. The normalized spacial score (nSPS) is 13.3. The first kappa shape index (κ1) is 20.3. The van der Waals surface area contributed by atoms with E-state index in [-0.39, 0.29) is 13.2 Å². The second-order valence-electron chi connectivity index (χ2n) is 6.68. The third-order valence-electron chi connectivity index (χ3n) is 3.05. The largest absolute Gasteiger partial charge is 0.479 e. The van der Waals surface area contributed by atoms with Crippen molar-refractivity contribution in [1.82, 2.24) is 10.6 Å². The van der Waals surface area contributed by atoms with Crippen LogP contribution in [0.3, 0.4) is 0 Å². The number of nitrogens with one attached hydrogen (secondary N) is 2. The lowest BCUT2D eigenvalue weighted by atomic mass is 10.0. The van der Waals surface area contributed by atoms with Gasteiger partial charge in [0.05, 0.1) is 6.54 Å². The van der Waals surface area contributed by atoms with E-state index < -0.39 is 29.3 Å². The number of carbonyl (C=O) groups excluding carboxylic acids is 2. The zero-order valence-electron chi connectivity index (χ0n) is 14.8. The lowest BCUT2D eigenvalue weighted by Gasteiger charge is -2.28. The molecule has 0 aliphatic rings. The topological polar surface area (TPSA) is 114 Å². The number of aliphatic carboxylic acids is 1. The molecule has 0 heterocycles. The first-order valence-electron chi connectivity index (χ1n) is 7.71. The average Bonchev–Trinajstić information content (AvgIpc) is 2.50. The second-order valence-corrected chi connectivity index (χ2v) is 6.68. The van der Waals surface area contributed by atoms with E-state index >= 15 is 0 Å². The molecule has 1 atom stereocenters. The Bertz CT molecular complexity index is 611. The maximum absolute atomic E-state index is 11.8. The fourth-order valence-electron chi connectivity index (χ4n) is 1.73. The summed E-state index contributed by atoms with van der Waals surface area (Å²) in [5.41, 5.74) is -1.72. The molecule has 0 aliphatic heterocycles. The summed E-state index contributed by atoms with van der Waals surface area (Å²) in [5.74, 6) is -1.32. The molecule has 138 valence electrons. The number of benzene rings is 1. The van der Waals surface area contributed by atoms with Crippen LogP contribution in [0.15, 0.2) is 30.3 Å². The van der Waals surface area contributed by atoms with Crippen LogP contribution in [0.4, 0.5) is 9.59 Å². The summed E-state index contributed by atoms with van der Waals surface area (Å²) in [6.07, 6.45) is -1.68. The molecule has 8 nitrogen and oxygen atoms in total. The van der Waals surface area contributed by atoms with Crippen LogP contribution in [-0.4, -0.2) is 40.9 Å². The molecule has 1 unspecified atom stereocenters. The Morgan fingerprint density at radius 1 is 1.04 bits per heavy atom. The van der Waals surface area contributed by atoms with Crippen LogP contribution < -0.4 is 10.6 Å². The van der Waals surface area contributed by atoms with Crippen molar-refractivity contribution in [2.45, 2.75) is 45.4 Å². The van der Waals surface area contributed by atoms with Crippen LogP contribution in [0.5, 0.6) is 0 Å². The van der Waals surface area contributed by atoms with Crippen molar-refractivity contribution in [2.75, 3.05) is 6.54 Å². The van der Waals surface area contributed by atoms with Gasteiger partial charge in [-0.2, -0.15) is 0 Å². The van der Waals surface area contributed by atoms with Crippen molar-refractivity contribution in [3.05, 3.63) is 35.9 Å². The lowest BCUT2D eigenvalue weighted by molar-refractivity contribution is -0.143. The van der Waals surface area contributed by atoms with Gasteiger partial charge in [-0.05, 0) is 33.3 Å². The SMILES string of the molecule is CC(C)(C)OC(=O)NC(C)(CNC(=O)OCc1ccccc1)C(=O)O. The Kier molecular flexibility index (Phi) is 6.78. The molecule has 0 bridgehead atoms. The highest BCUT2D eigenvalue weighted by atomic mass is 16.6. The molecule has 0 aromatic heterocycles. The van der Waals surface area contributed by atoms with Gasteiger partial charge in [-0.3, -0.25) is 0 Å². The van der Waals surface area contributed by atoms with Gasteiger partial charge in [0, 0.05) is 0 Å². The molecule has 1 rings (SSSR count). The van der Waals surface area contributed by atoms with Crippen LogP contribution in [0, 0.1) is 0 Å². The van der Waals surface area contributed by atoms with E-state index in [1.807, 2.05) is 18.2 Å². The molecule has 1 aromatic rings.